The van der Waals surface area contributed by atoms with Crippen molar-refractivity contribution in [2.75, 3.05) is 5.32 Å². The first-order valence-corrected chi connectivity index (χ1v) is 6.92. The van der Waals surface area contributed by atoms with Crippen LogP contribution in [-0.2, 0) is 6.54 Å². The second-order valence-corrected chi connectivity index (χ2v) is 5.65. The Morgan fingerprint density at radius 2 is 1.61 bits per heavy atom. The summed E-state index contributed by atoms with van der Waals surface area (Å²) in [7, 11) is 0. The van der Waals surface area contributed by atoms with E-state index in [0.29, 0.717) is 0 Å². The summed E-state index contributed by atoms with van der Waals surface area (Å²) in [5.74, 6) is 0. The molecule has 0 aliphatic rings. The number of rotatable bonds is 3. The van der Waals surface area contributed by atoms with Gasteiger partial charge in [0.15, 0.2) is 0 Å². The lowest BCUT2D eigenvalue weighted by atomic mass is 10.1. The number of hydrogen-bond acceptors (Lipinski definition) is 1. The van der Waals surface area contributed by atoms with E-state index in [0.717, 1.165) is 11.0 Å². The number of halogens is 1. The van der Waals surface area contributed by atoms with Gasteiger partial charge in [-0.1, -0.05) is 40.2 Å². The van der Waals surface area contributed by atoms with Gasteiger partial charge >= 0.3 is 0 Å². The molecule has 0 saturated carbocycles. The van der Waals surface area contributed by atoms with Gasteiger partial charge in [-0.2, -0.15) is 0 Å². The lowest BCUT2D eigenvalue weighted by Crippen LogP contribution is -2.01. The Balaban J connectivity index is 2.11. The first-order valence-electron chi connectivity index (χ1n) is 6.12. The predicted molar refractivity (Wildman–Crippen MR) is 82.1 cm³/mol. The Hall–Kier alpha value is -1.28. The summed E-state index contributed by atoms with van der Waals surface area (Å²) in [5.41, 5.74) is 6.46. The van der Waals surface area contributed by atoms with Crippen molar-refractivity contribution in [1.29, 1.82) is 0 Å². The maximum Gasteiger partial charge on any atom is 0.0400 e. The van der Waals surface area contributed by atoms with Crippen molar-refractivity contribution in [1.82, 2.24) is 0 Å². The molecule has 0 heterocycles. The topological polar surface area (TPSA) is 12.0 Å². The highest BCUT2D eigenvalue weighted by Crippen LogP contribution is 2.21. The van der Waals surface area contributed by atoms with Crippen LogP contribution < -0.4 is 5.32 Å². The Kier molecular flexibility index (Phi) is 4.07. The van der Waals surface area contributed by atoms with Crippen LogP contribution in [0.25, 0.3) is 0 Å². The van der Waals surface area contributed by atoms with Crippen molar-refractivity contribution in [3.05, 3.63) is 63.1 Å². The third-order valence-corrected chi connectivity index (χ3v) is 3.75. The molecule has 0 amide bonds. The molecule has 2 aromatic carbocycles. The third kappa shape index (κ3) is 3.14. The van der Waals surface area contributed by atoms with Crippen LogP contribution in [0.1, 0.15) is 22.3 Å². The summed E-state index contributed by atoms with van der Waals surface area (Å²) < 4.78 is 1.11. The van der Waals surface area contributed by atoms with Crippen molar-refractivity contribution >= 4 is 21.6 Å². The molecule has 0 bridgehead atoms. The molecule has 2 rings (SSSR count). The highest BCUT2D eigenvalue weighted by molar-refractivity contribution is 9.10. The lowest BCUT2D eigenvalue weighted by Gasteiger charge is -2.11. The van der Waals surface area contributed by atoms with Gasteiger partial charge in [-0.05, 0) is 55.2 Å². The van der Waals surface area contributed by atoms with Crippen molar-refractivity contribution < 1.29 is 0 Å². The summed E-state index contributed by atoms with van der Waals surface area (Å²) in [6, 6.07) is 12.9. The number of anilines is 1. The number of benzene rings is 2. The molecular formula is C16H18BrN. The van der Waals surface area contributed by atoms with Gasteiger partial charge in [-0.25, -0.2) is 0 Å². The first kappa shape index (κ1) is 13.2. The summed E-state index contributed by atoms with van der Waals surface area (Å²) in [6.07, 6.45) is 0. The van der Waals surface area contributed by atoms with E-state index < -0.39 is 0 Å². The molecule has 0 aliphatic heterocycles. The summed E-state index contributed by atoms with van der Waals surface area (Å²) >= 11 is 3.50. The Morgan fingerprint density at radius 3 is 2.33 bits per heavy atom. The summed E-state index contributed by atoms with van der Waals surface area (Å²) in [5, 5.41) is 3.49. The molecule has 0 saturated heterocycles. The smallest absolute Gasteiger partial charge is 0.0400 e. The molecule has 0 atom stereocenters. The fraction of sp³-hybridized carbons (Fsp3) is 0.250. The highest BCUT2D eigenvalue weighted by atomic mass is 79.9. The average Bonchev–Trinajstić information content (AvgIpc) is 2.34. The fourth-order valence-electron chi connectivity index (χ4n) is 1.90. The van der Waals surface area contributed by atoms with Crippen LogP contribution in [0.5, 0.6) is 0 Å². The second kappa shape index (κ2) is 5.57. The van der Waals surface area contributed by atoms with Gasteiger partial charge in [0.05, 0.1) is 0 Å². The van der Waals surface area contributed by atoms with E-state index >= 15 is 0 Å². The molecule has 0 aromatic heterocycles. The van der Waals surface area contributed by atoms with Gasteiger partial charge in [0.25, 0.3) is 0 Å². The second-order valence-electron chi connectivity index (χ2n) is 4.73. The van der Waals surface area contributed by atoms with Crippen molar-refractivity contribution in [3.63, 3.8) is 0 Å². The zero-order valence-electron chi connectivity index (χ0n) is 11.0. The van der Waals surface area contributed by atoms with E-state index in [4.69, 9.17) is 0 Å². The van der Waals surface area contributed by atoms with Gasteiger partial charge in [-0.15, -0.1) is 0 Å². The standard InChI is InChI=1S/C16H18BrN/c1-11-4-6-14(8-13(11)3)10-18-16-9-15(17)7-5-12(16)2/h4-9,18H,10H2,1-3H3. The van der Waals surface area contributed by atoms with Gasteiger partial charge < -0.3 is 5.32 Å². The zero-order valence-corrected chi connectivity index (χ0v) is 12.6. The SMILES string of the molecule is Cc1ccc(CNc2cc(Br)ccc2C)cc1C. The van der Waals surface area contributed by atoms with E-state index in [-0.39, 0.29) is 0 Å². The maximum absolute atomic E-state index is 3.50. The molecule has 2 aromatic rings. The Bertz CT molecular complexity index is 561. The molecule has 18 heavy (non-hydrogen) atoms. The zero-order chi connectivity index (χ0) is 13.1. The minimum absolute atomic E-state index is 0.860. The van der Waals surface area contributed by atoms with Crippen LogP contribution in [0, 0.1) is 20.8 Å². The molecule has 1 N–H and O–H groups in total. The largest absolute Gasteiger partial charge is 0.381 e. The van der Waals surface area contributed by atoms with E-state index in [9.17, 15) is 0 Å². The molecule has 0 spiro atoms. The quantitative estimate of drug-likeness (QED) is 0.842. The Labute approximate surface area is 117 Å². The van der Waals surface area contributed by atoms with Gasteiger partial charge in [0.1, 0.15) is 0 Å². The molecule has 2 heteroatoms. The molecular weight excluding hydrogens is 286 g/mol. The van der Waals surface area contributed by atoms with Crippen molar-refractivity contribution in [2.24, 2.45) is 0 Å². The van der Waals surface area contributed by atoms with Crippen molar-refractivity contribution in [3.8, 4) is 0 Å². The molecule has 0 unspecified atom stereocenters. The van der Waals surface area contributed by atoms with Crippen molar-refractivity contribution in [2.45, 2.75) is 27.3 Å². The van der Waals surface area contributed by atoms with Gasteiger partial charge in [-0.3, -0.25) is 0 Å². The number of nitrogens with one attached hydrogen (secondary N) is 1. The van der Waals surface area contributed by atoms with E-state index in [2.05, 4.69) is 78.4 Å². The van der Waals surface area contributed by atoms with E-state index in [1.165, 1.54) is 27.9 Å². The van der Waals surface area contributed by atoms with Gasteiger partial charge in [0, 0.05) is 16.7 Å². The normalized spacial score (nSPS) is 10.4. The minimum atomic E-state index is 0.860. The van der Waals surface area contributed by atoms with E-state index in [1.807, 2.05) is 0 Å². The number of hydrogen-bond donors (Lipinski definition) is 1. The van der Waals surface area contributed by atoms with Gasteiger partial charge in [0.2, 0.25) is 0 Å². The minimum Gasteiger partial charge on any atom is -0.381 e. The van der Waals surface area contributed by atoms with Crippen LogP contribution in [0.4, 0.5) is 5.69 Å². The highest BCUT2D eigenvalue weighted by Gasteiger charge is 2.00. The fourth-order valence-corrected chi connectivity index (χ4v) is 2.26. The van der Waals surface area contributed by atoms with Crippen LogP contribution in [0.2, 0.25) is 0 Å². The summed E-state index contributed by atoms with van der Waals surface area (Å²) in [4.78, 5) is 0. The lowest BCUT2D eigenvalue weighted by molar-refractivity contribution is 1.12. The monoisotopic (exact) mass is 303 g/mol. The molecule has 94 valence electrons. The molecule has 0 aliphatic carbocycles. The third-order valence-electron chi connectivity index (χ3n) is 3.25. The number of aryl methyl sites for hydroxylation is 3. The maximum atomic E-state index is 3.50. The summed E-state index contributed by atoms with van der Waals surface area (Å²) in [6.45, 7) is 7.28. The predicted octanol–water partition coefficient (Wildman–Crippen LogP) is 4.99. The molecule has 0 fully saturated rings. The van der Waals surface area contributed by atoms with Crippen LogP contribution >= 0.6 is 15.9 Å². The first-order chi connectivity index (χ1) is 8.56. The molecule has 0 radical (unpaired) electrons. The van der Waals surface area contributed by atoms with Crippen LogP contribution in [-0.4, -0.2) is 0 Å². The van der Waals surface area contributed by atoms with Crippen LogP contribution in [0.15, 0.2) is 40.9 Å². The molecule has 1 nitrogen and oxygen atoms in total. The van der Waals surface area contributed by atoms with Crippen LogP contribution in [0.3, 0.4) is 0 Å². The van der Waals surface area contributed by atoms with E-state index in [1.54, 1.807) is 0 Å². The average molecular weight is 304 g/mol. The Morgan fingerprint density at radius 1 is 0.889 bits per heavy atom.